The number of nitrogens with zero attached hydrogens (tertiary/aromatic N) is 1. The van der Waals surface area contributed by atoms with Crippen LogP contribution >= 0.6 is 0 Å². The van der Waals surface area contributed by atoms with Gasteiger partial charge in [0.1, 0.15) is 17.4 Å². The molecule has 0 bridgehead atoms. The number of nitriles is 1. The molecule has 27 heavy (non-hydrogen) atoms. The second-order valence-electron chi connectivity index (χ2n) is 5.39. The molecule has 7 nitrogen and oxygen atoms in total. The number of para-hydroxylation sites is 1. The molecule has 0 fully saturated rings. The summed E-state index contributed by atoms with van der Waals surface area (Å²) in [5.74, 6) is 1.22. The zero-order valence-corrected chi connectivity index (χ0v) is 15.4. The van der Waals surface area contributed by atoms with Crippen molar-refractivity contribution in [2.75, 3.05) is 26.6 Å². The van der Waals surface area contributed by atoms with Crippen LogP contribution in [0.3, 0.4) is 0 Å². The maximum Gasteiger partial charge on any atom is 0.267 e. The van der Waals surface area contributed by atoms with Crippen LogP contribution in [0.2, 0.25) is 0 Å². The monoisotopic (exact) mass is 367 g/mol. The Morgan fingerprint density at radius 1 is 1.04 bits per heavy atom. The van der Waals surface area contributed by atoms with Crippen LogP contribution in [0.15, 0.2) is 54.2 Å². The predicted molar refractivity (Wildman–Crippen MR) is 102 cm³/mol. The summed E-state index contributed by atoms with van der Waals surface area (Å²) in [4.78, 5) is 12.3. The lowest BCUT2D eigenvalue weighted by atomic mass is 10.2. The number of hydrogen-bond donors (Lipinski definition) is 2. The fraction of sp³-hybridized carbons (Fsp3) is 0.200. The van der Waals surface area contributed by atoms with Gasteiger partial charge >= 0.3 is 0 Å². The SMILES string of the molecule is COc1ccccc1CN/C=C(/C#N)C(=O)Nc1ccc(OC)c(OC)c1. The number of carbonyl (C=O) groups excluding carboxylic acids is 1. The van der Waals surface area contributed by atoms with Crippen molar-refractivity contribution in [3.63, 3.8) is 0 Å². The van der Waals surface area contributed by atoms with Gasteiger partial charge < -0.3 is 24.8 Å². The minimum atomic E-state index is -0.530. The molecule has 2 aromatic rings. The van der Waals surface area contributed by atoms with E-state index in [4.69, 9.17) is 14.2 Å². The number of nitrogens with one attached hydrogen (secondary N) is 2. The Bertz CT molecular complexity index is 872. The zero-order chi connectivity index (χ0) is 19.6. The summed E-state index contributed by atoms with van der Waals surface area (Å²) < 4.78 is 15.6. The van der Waals surface area contributed by atoms with Crippen molar-refractivity contribution < 1.29 is 19.0 Å². The van der Waals surface area contributed by atoms with Gasteiger partial charge in [0.15, 0.2) is 11.5 Å². The highest BCUT2D eigenvalue weighted by atomic mass is 16.5. The van der Waals surface area contributed by atoms with Crippen LogP contribution in [0.5, 0.6) is 17.2 Å². The van der Waals surface area contributed by atoms with Crippen molar-refractivity contribution in [3.8, 4) is 23.3 Å². The first kappa shape index (κ1) is 19.7. The summed E-state index contributed by atoms with van der Waals surface area (Å²) in [6, 6.07) is 14.3. The highest BCUT2D eigenvalue weighted by Gasteiger charge is 2.11. The van der Waals surface area contributed by atoms with Crippen molar-refractivity contribution in [3.05, 3.63) is 59.8 Å². The average Bonchev–Trinajstić information content (AvgIpc) is 2.71. The predicted octanol–water partition coefficient (Wildman–Crippen LogP) is 2.85. The lowest BCUT2D eigenvalue weighted by Gasteiger charge is -2.11. The molecule has 0 heterocycles. The van der Waals surface area contributed by atoms with Crippen LogP contribution in [0.1, 0.15) is 5.56 Å². The zero-order valence-electron chi connectivity index (χ0n) is 15.4. The molecule has 0 unspecified atom stereocenters. The summed E-state index contributed by atoms with van der Waals surface area (Å²) in [5.41, 5.74) is 1.34. The Labute approximate surface area is 158 Å². The lowest BCUT2D eigenvalue weighted by Crippen LogP contribution is -2.16. The van der Waals surface area contributed by atoms with Gasteiger partial charge in [0.2, 0.25) is 0 Å². The first-order valence-electron chi connectivity index (χ1n) is 8.11. The Hall–Kier alpha value is -3.66. The van der Waals surface area contributed by atoms with Gasteiger partial charge in [0.25, 0.3) is 5.91 Å². The standard InChI is InChI=1S/C20H21N3O4/c1-25-17-7-5-4-6-14(17)12-22-13-15(11-21)20(24)23-16-8-9-18(26-2)19(10-16)27-3/h4-10,13,22H,12H2,1-3H3,(H,23,24)/b15-13-. The molecule has 0 aliphatic carbocycles. The third kappa shape index (κ3) is 5.16. The molecule has 0 atom stereocenters. The topological polar surface area (TPSA) is 92.6 Å². The van der Waals surface area contributed by atoms with Crippen molar-refractivity contribution >= 4 is 11.6 Å². The van der Waals surface area contributed by atoms with Gasteiger partial charge in [0, 0.05) is 30.1 Å². The van der Waals surface area contributed by atoms with E-state index < -0.39 is 5.91 Å². The molecule has 0 aliphatic rings. The van der Waals surface area contributed by atoms with E-state index in [9.17, 15) is 10.1 Å². The highest BCUT2D eigenvalue weighted by Crippen LogP contribution is 2.29. The van der Waals surface area contributed by atoms with Crippen LogP contribution in [0.25, 0.3) is 0 Å². The number of amides is 1. The van der Waals surface area contributed by atoms with E-state index in [1.165, 1.54) is 20.4 Å². The molecule has 2 aromatic carbocycles. The Morgan fingerprint density at radius 3 is 2.41 bits per heavy atom. The van der Waals surface area contributed by atoms with Crippen LogP contribution in [0, 0.1) is 11.3 Å². The van der Waals surface area contributed by atoms with Crippen molar-refractivity contribution in [2.24, 2.45) is 0 Å². The Balaban J connectivity index is 2.05. The molecule has 1 amide bonds. The first-order chi connectivity index (χ1) is 13.1. The minimum Gasteiger partial charge on any atom is -0.496 e. The molecular formula is C20H21N3O4. The van der Waals surface area contributed by atoms with E-state index in [-0.39, 0.29) is 5.57 Å². The fourth-order valence-electron chi connectivity index (χ4n) is 2.37. The molecule has 2 rings (SSSR count). The number of anilines is 1. The molecule has 0 aromatic heterocycles. The second-order valence-corrected chi connectivity index (χ2v) is 5.39. The summed E-state index contributed by atoms with van der Waals surface area (Å²) in [5, 5.41) is 14.9. The van der Waals surface area contributed by atoms with Gasteiger partial charge in [0.05, 0.1) is 21.3 Å². The summed E-state index contributed by atoms with van der Waals surface area (Å²) in [6.07, 6.45) is 1.38. The smallest absolute Gasteiger partial charge is 0.267 e. The van der Waals surface area contributed by atoms with E-state index in [0.717, 1.165) is 11.3 Å². The van der Waals surface area contributed by atoms with Gasteiger partial charge in [-0.05, 0) is 18.2 Å². The third-order valence-electron chi connectivity index (χ3n) is 3.74. The molecule has 0 radical (unpaired) electrons. The molecule has 0 aliphatic heterocycles. The largest absolute Gasteiger partial charge is 0.496 e. The fourth-order valence-corrected chi connectivity index (χ4v) is 2.37. The van der Waals surface area contributed by atoms with E-state index >= 15 is 0 Å². The van der Waals surface area contributed by atoms with Gasteiger partial charge in [-0.15, -0.1) is 0 Å². The van der Waals surface area contributed by atoms with Gasteiger partial charge in [-0.2, -0.15) is 5.26 Å². The molecule has 7 heteroatoms. The summed E-state index contributed by atoms with van der Waals surface area (Å²) >= 11 is 0. The van der Waals surface area contributed by atoms with Crippen molar-refractivity contribution in [2.45, 2.75) is 6.54 Å². The second kappa shape index (κ2) is 9.73. The van der Waals surface area contributed by atoms with Crippen LogP contribution in [-0.2, 0) is 11.3 Å². The van der Waals surface area contributed by atoms with Crippen molar-refractivity contribution in [1.82, 2.24) is 5.32 Å². The Kier molecular flexibility index (Phi) is 7.08. The van der Waals surface area contributed by atoms with Crippen LogP contribution in [0.4, 0.5) is 5.69 Å². The number of ether oxygens (including phenoxy) is 3. The minimum absolute atomic E-state index is 0.0558. The lowest BCUT2D eigenvalue weighted by molar-refractivity contribution is -0.112. The molecule has 2 N–H and O–H groups in total. The third-order valence-corrected chi connectivity index (χ3v) is 3.74. The highest BCUT2D eigenvalue weighted by molar-refractivity contribution is 6.06. The van der Waals surface area contributed by atoms with Gasteiger partial charge in [-0.1, -0.05) is 18.2 Å². The molecular weight excluding hydrogens is 346 g/mol. The number of carbonyl (C=O) groups is 1. The first-order valence-corrected chi connectivity index (χ1v) is 8.11. The van der Waals surface area contributed by atoms with E-state index in [2.05, 4.69) is 10.6 Å². The Morgan fingerprint density at radius 2 is 1.74 bits per heavy atom. The van der Waals surface area contributed by atoms with E-state index in [1.54, 1.807) is 25.3 Å². The maximum absolute atomic E-state index is 12.3. The van der Waals surface area contributed by atoms with E-state index in [1.807, 2.05) is 30.3 Å². The molecule has 0 saturated heterocycles. The number of benzene rings is 2. The normalized spacial score (nSPS) is 10.5. The quantitative estimate of drug-likeness (QED) is 0.551. The molecule has 0 spiro atoms. The maximum atomic E-state index is 12.3. The number of hydrogen-bond acceptors (Lipinski definition) is 6. The number of methoxy groups -OCH3 is 3. The average molecular weight is 367 g/mol. The molecule has 0 saturated carbocycles. The van der Waals surface area contributed by atoms with Crippen molar-refractivity contribution in [1.29, 1.82) is 5.26 Å². The summed E-state index contributed by atoms with van der Waals surface area (Å²) in [6.45, 7) is 0.416. The van der Waals surface area contributed by atoms with Crippen LogP contribution in [-0.4, -0.2) is 27.2 Å². The number of rotatable bonds is 8. The van der Waals surface area contributed by atoms with Gasteiger partial charge in [-0.3, -0.25) is 4.79 Å². The van der Waals surface area contributed by atoms with Crippen LogP contribution < -0.4 is 24.8 Å². The molecule has 140 valence electrons. The summed E-state index contributed by atoms with van der Waals surface area (Å²) in [7, 11) is 4.62. The van der Waals surface area contributed by atoms with Gasteiger partial charge in [-0.25, -0.2) is 0 Å². The van der Waals surface area contributed by atoms with E-state index in [0.29, 0.717) is 23.7 Å².